The molecule has 2 rings (SSSR count). The first-order chi connectivity index (χ1) is 8.49. The number of hydrogen-bond acceptors (Lipinski definition) is 2. The molecule has 0 aromatic heterocycles. The molecular formula is C13H8ClF2NO. The summed E-state index contributed by atoms with van der Waals surface area (Å²) in [4.78, 5) is 12.0. The van der Waals surface area contributed by atoms with Gasteiger partial charge in [-0.05, 0) is 30.3 Å². The predicted octanol–water partition coefficient (Wildman–Crippen LogP) is 3.43. The zero-order chi connectivity index (χ0) is 13.3. The third kappa shape index (κ3) is 2.33. The van der Waals surface area contributed by atoms with Crippen LogP contribution in [0.2, 0.25) is 5.02 Å². The van der Waals surface area contributed by atoms with E-state index < -0.39 is 17.4 Å². The summed E-state index contributed by atoms with van der Waals surface area (Å²) >= 11 is 5.75. The van der Waals surface area contributed by atoms with Gasteiger partial charge in [0.1, 0.15) is 0 Å². The molecule has 0 spiro atoms. The zero-order valence-corrected chi connectivity index (χ0v) is 9.84. The van der Waals surface area contributed by atoms with Crippen molar-refractivity contribution in [3.8, 4) is 0 Å². The van der Waals surface area contributed by atoms with Crippen molar-refractivity contribution in [2.24, 2.45) is 0 Å². The van der Waals surface area contributed by atoms with Crippen molar-refractivity contribution < 1.29 is 13.6 Å². The number of hydrogen-bond donors (Lipinski definition) is 1. The number of halogens is 3. The number of carbonyl (C=O) groups is 1. The van der Waals surface area contributed by atoms with Gasteiger partial charge in [-0.1, -0.05) is 17.7 Å². The molecule has 2 aromatic carbocycles. The first-order valence-electron chi connectivity index (χ1n) is 5.04. The van der Waals surface area contributed by atoms with E-state index in [4.69, 9.17) is 17.3 Å². The average Bonchev–Trinajstić information content (AvgIpc) is 2.30. The van der Waals surface area contributed by atoms with E-state index in [1.54, 1.807) is 0 Å². The van der Waals surface area contributed by atoms with Crippen molar-refractivity contribution in [2.45, 2.75) is 0 Å². The van der Waals surface area contributed by atoms with Crippen LogP contribution < -0.4 is 5.73 Å². The van der Waals surface area contributed by atoms with Gasteiger partial charge in [-0.3, -0.25) is 4.79 Å². The zero-order valence-electron chi connectivity index (χ0n) is 9.08. The maximum Gasteiger partial charge on any atom is 0.196 e. The van der Waals surface area contributed by atoms with Gasteiger partial charge in [-0.2, -0.15) is 0 Å². The van der Waals surface area contributed by atoms with Crippen LogP contribution in [0.15, 0.2) is 36.4 Å². The third-order valence-electron chi connectivity index (χ3n) is 2.38. The Morgan fingerprint density at radius 2 is 1.89 bits per heavy atom. The van der Waals surface area contributed by atoms with E-state index in [0.717, 1.165) is 6.07 Å². The summed E-state index contributed by atoms with van der Waals surface area (Å²) in [6, 6.07) is 7.58. The van der Waals surface area contributed by atoms with Crippen LogP contribution >= 0.6 is 11.6 Å². The normalized spacial score (nSPS) is 10.4. The summed E-state index contributed by atoms with van der Waals surface area (Å²) in [6.07, 6.45) is 0. The topological polar surface area (TPSA) is 43.1 Å². The van der Waals surface area contributed by atoms with Gasteiger partial charge in [0.05, 0.1) is 5.56 Å². The number of nitrogens with two attached hydrogens (primary N) is 1. The van der Waals surface area contributed by atoms with E-state index in [-0.39, 0.29) is 21.8 Å². The van der Waals surface area contributed by atoms with E-state index in [1.807, 2.05) is 0 Å². The molecule has 0 radical (unpaired) electrons. The van der Waals surface area contributed by atoms with E-state index in [9.17, 15) is 13.6 Å². The van der Waals surface area contributed by atoms with Crippen molar-refractivity contribution in [3.05, 3.63) is 64.2 Å². The average molecular weight is 268 g/mol. The molecule has 2 aromatic rings. The molecule has 0 heterocycles. The highest BCUT2D eigenvalue weighted by Gasteiger charge is 2.17. The molecule has 0 bridgehead atoms. The fraction of sp³-hybridized carbons (Fsp3) is 0. The lowest BCUT2D eigenvalue weighted by Crippen LogP contribution is -2.06. The van der Waals surface area contributed by atoms with Crippen LogP contribution in [0.3, 0.4) is 0 Å². The van der Waals surface area contributed by atoms with Gasteiger partial charge in [0.2, 0.25) is 0 Å². The molecule has 0 saturated carbocycles. The second-order valence-corrected chi connectivity index (χ2v) is 4.14. The SMILES string of the molecule is Nc1cc(Cl)cc(C(=O)c2cccc(F)c2F)c1. The predicted molar refractivity (Wildman–Crippen MR) is 65.7 cm³/mol. The summed E-state index contributed by atoms with van der Waals surface area (Å²) in [5.41, 5.74) is 5.58. The lowest BCUT2D eigenvalue weighted by atomic mass is 10.0. The molecule has 2 N–H and O–H groups in total. The number of ketones is 1. The molecule has 5 heteroatoms. The minimum absolute atomic E-state index is 0.115. The fourth-order valence-corrected chi connectivity index (χ4v) is 1.82. The minimum Gasteiger partial charge on any atom is -0.399 e. The Labute approximate surface area is 107 Å². The number of benzene rings is 2. The molecule has 2 nitrogen and oxygen atoms in total. The second-order valence-electron chi connectivity index (χ2n) is 3.70. The summed E-state index contributed by atoms with van der Waals surface area (Å²) in [5, 5.41) is 0.259. The highest BCUT2D eigenvalue weighted by atomic mass is 35.5. The summed E-state index contributed by atoms with van der Waals surface area (Å²) in [5.74, 6) is -2.92. The molecule has 0 aliphatic heterocycles. The standard InChI is InChI=1S/C13H8ClF2NO/c14-8-4-7(5-9(17)6-8)13(18)10-2-1-3-11(15)12(10)16/h1-6H,17H2. The van der Waals surface area contributed by atoms with Crippen molar-refractivity contribution in [2.75, 3.05) is 5.73 Å². The molecule has 0 fully saturated rings. The van der Waals surface area contributed by atoms with Crippen LogP contribution in [-0.2, 0) is 0 Å². The summed E-state index contributed by atoms with van der Waals surface area (Å²) < 4.78 is 26.5. The highest BCUT2D eigenvalue weighted by Crippen LogP contribution is 2.21. The molecule has 18 heavy (non-hydrogen) atoms. The molecule has 0 unspecified atom stereocenters. The van der Waals surface area contributed by atoms with Crippen molar-refractivity contribution in [1.29, 1.82) is 0 Å². The Morgan fingerprint density at radius 1 is 1.17 bits per heavy atom. The maximum atomic E-state index is 13.5. The maximum absolute atomic E-state index is 13.5. The fourth-order valence-electron chi connectivity index (χ4n) is 1.58. The van der Waals surface area contributed by atoms with Crippen molar-refractivity contribution in [3.63, 3.8) is 0 Å². The smallest absolute Gasteiger partial charge is 0.196 e. The number of carbonyl (C=O) groups excluding carboxylic acids is 1. The molecular weight excluding hydrogens is 260 g/mol. The Hall–Kier alpha value is -1.94. The Balaban J connectivity index is 2.51. The Bertz CT molecular complexity index is 608. The van der Waals surface area contributed by atoms with Gasteiger partial charge in [-0.15, -0.1) is 0 Å². The third-order valence-corrected chi connectivity index (χ3v) is 2.60. The van der Waals surface area contributed by atoms with Crippen LogP contribution in [0.4, 0.5) is 14.5 Å². The van der Waals surface area contributed by atoms with Gasteiger partial charge in [0, 0.05) is 16.3 Å². The molecule has 92 valence electrons. The second kappa shape index (κ2) is 4.74. The molecule has 0 aliphatic carbocycles. The first-order valence-corrected chi connectivity index (χ1v) is 5.41. The van der Waals surface area contributed by atoms with E-state index in [0.29, 0.717) is 0 Å². The van der Waals surface area contributed by atoms with E-state index in [1.165, 1.54) is 30.3 Å². The first kappa shape index (κ1) is 12.5. The van der Waals surface area contributed by atoms with Gasteiger partial charge in [-0.25, -0.2) is 8.78 Å². The van der Waals surface area contributed by atoms with Crippen LogP contribution in [0.25, 0.3) is 0 Å². The van der Waals surface area contributed by atoms with Gasteiger partial charge in [0.15, 0.2) is 17.4 Å². The van der Waals surface area contributed by atoms with Crippen LogP contribution in [0.1, 0.15) is 15.9 Å². The summed E-state index contributed by atoms with van der Waals surface area (Å²) in [6.45, 7) is 0. The molecule has 0 aliphatic rings. The van der Waals surface area contributed by atoms with Gasteiger partial charge in [0.25, 0.3) is 0 Å². The van der Waals surface area contributed by atoms with Gasteiger partial charge >= 0.3 is 0 Å². The number of rotatable bonds is 2. The lowest BCUT2D eigenvalue weighted by Gasteiger charge is -2.05. The van der Waals surface area contributed by atoms with E-state index in [2.05, 4.69) is 0 Å². The van der Waals surface area contributed by atoms with Crippen molar-refractivity contribution >= 4 is 23.1 Å². The van der Waals surface area contributed by atoms with Crippen LogP contribution in [-0.4, -0.2) is 5.78 Å². The number of nitrogen functional groups attached to an aromatic ring is 1. The lowest BCUT2D eigenvalue weighted by molar-refractivity contribution is 0.103. The highest BCUT2D eigenvalue weighted by molar-refractivity contribution is 6.31. The Kier molecular flexibility index (Phi) is 3.30. The largest absolute Gasteiger partial charge is 0.399 e. The molecule has 0 saturated heterocycles. The molecule has 0 amide bonds. The quantitative estimate of drug-likeness (QED) is 0.669. The van der Waals surface area contributed by atoms with E-state index >= 15 is 0 Å². The van der Waals surface area contributed by atoms with Gasteiger partial charge < -0.3 is 5.73 Å². The van der Waals surface area contributed by atoms with Crippen LogP contribution in [0.5, 0.6) is 0 Å². The van der Waals surface area contributed by atoms with Crippen LogP contribution in [0, 0.1) is 11.6 Å². The monoisotopic (exact) mass is 267 g/mol. The van der Waals surface area contributed by atoms with Crippen molar-refractivity contribution in [1.82, 2.24) is 0 Å². The molecule has 0 atom stereocenters. The Morgan fingerprint density at radius 3 is 2.56 bits per heavy atom. The number of anilines is 1. The summed E-state index contributed by atoms with van der Waals surface area (Å²) in [7, 11) is 0. The minimum atomic E-state index is -1.18.